The maximum Gasteiger partial charge on any atom is 0.305 e. The average Bonchev–Trinajstić information content (AvgIpc) is 2.26. The second-order valence-corrected chi connectivity index (χ2v) is 5.11. The van der Waals surface area contributed by atoms with Gasteiger partial charge in [-0.15, -0.1) is 0 Å². The van der Waals surface area contributed by atoms with Crippen molar-refractivity contribution in [2.45, 2.75) is 45.6 Å². The molecule has 1 saturated heterocycles. The van der Waals surface area contributed by atoms with Gasteiger partial charge in [0.1, 0.15) is 0 Å². The average molecular weight is 243 g/mol. The molecule has 4 heteroatoms. The number of carbonyl (C=O) groups excluding carboxylic acids is 1. The molecule has 4 nitrogen and oxygen atoms in total. The van der Waals surface area contributed by atoms with Crippen LogP contribution in [0.1, 0.15) is 40.0 Å². The van der Waals surface area contributed by atoms with Crippen molar-refractivity contribution in [3.63, 3.8) is 0 Å². The van der Waals surface area contributed by atoms with E-state index in [2.05, 4.69) is 18.7 Å². The van der Waals surface area contributed by atoms with Crippen molar-refractivity contribution in [3.8, 4) is 0 Å². The summed E-state index contributed by atoms with van der Waals surface area (Å²) in [5.74, 6) is -0.0752. The van der Waals surface area contributed by atoms with Gasteiger partial charge in [-0.1, -0.05) is 0 Å². The Bertz CT molecular complexity index is 241. The van der Waals surface area contributed by atoms with Gasteiger partial charge >= 0.3 is 5.97 Å². The van der Waals surface area contributed by atoms with Crippen molar-refractivity contribution < 1.29 is 14.3 Å². The maximum atomic E-state index is 11.2. The molecule has 0 amide bonds. The third-order valence-electron chi connectivity index (χ3n) is 3.18. The van der Waals surface area contributed by atoms with Crippen molar-refractivity contribution in [1.29, 1.82) is 0 Å². The van der Waals surface area contributed by atoms with E-state index in [4.69, 9.17) is 9.47 Å². The minimum absolute atomic E-state index is 0.0752. The minimum Gasteiger partial charge on any atom is -0.466 e. The number of unbranched alkanes of at least 4 members (excludes halogenated alkanes) is 1. The monoisotopic (exact) mass is 243 g/mol. The summed E-state index contributed by atoms with van der Waals surface area (Å²) in [6.07, 6.45) is 2.49. The first-order chi connectivity index (χ1) is 8.06. The van der Waals surface area contributed by atoms with Crippen molar-refractivity contribution in [2.75, 3.05) is 32.9 Å². The number of esters is 1. The van der Waals surface area contributed by atoms with Crippen LogP contribution in [-0.4, -0.2) is 49.3 Å². The van der Waals surface area contributed by atoms with Crippen LogP contribution in [-0.2, 0) is 14.3 Å². The van der Waals surface area contributed by atoms with Gasteiger partial charge in [0.25, 0.3) is 0 Å². The van der Waals surface area contributed by atoms with Gasteiger partial charge in [0.05, 0.1) is 19.8 Å². The fourth-order valence-electron chi connectivity index (χ4n) is 2.11. The van der Waals surface area contributed by atoms with Crippen molar-refractivity contribution in [2.24, 2.45) is 0 Å². The van der Waals surface area contributed by atoms with Gasteiger partial charge in [-0.25, -0.2) is 0 Å². The lowest BCUT2D eigenvalue weighted by Gasteiger charge is -2.42. The summed E-state index contributed by atoms with van der Waals surface area (Å²) >= 11 is 0. The summed E-state index contributed by atoms with van der Waals surface area (Å²) < 4.78 is 10.4. The van der Waals surface area contributed by atoms with Gasteiger partial charge in [-0.3, -0.25) is 9.69 Å². The van der Waals surface area contributed by atoms with Crippen molar-refractivity contribution >= 4 is 5.97 Å². The number of morpholine rings is 1. The summed E-state index contributed by atoms with van der Waals surface area (Å²) in [7, 11) is 0. The predicted octanol–water partition coefficient (Wildman–Crippen LogP) is 1.83. The molecule has 0 radical (unpaired) electrons. The molecule has 0 bridgehead atoms. The molecule has 0 unspecified atom stereocenters. The number of hydrogen-bond donors (Lipinski definition) is 0. The van der Waals surface area contributed by atoms with Gasteiger partial charge in [-0.2, -0.15) is 0 Å². The van der Waals surface area contributed by atoms with E-state index in [1.807, 2.05) is 6.92 Å². The smallest absolute Gasteiger partial charge is 0.305 e. The molecule has 1 aliphatic heterocycles. The van der Waals surface area contributed by atoms with Gasteiger partial charge in [0.15, 0.2) is 0 Å². The van der Waals surface area contributed by atoms with Crippen LogP contribution in [0.3, 0.4) is 0 Å². The molecule has 0 saturated carbocycles. The van der Waals surface area contributed by atoms with Gasteiger partial charge in [0, 0.05) is 18.5 Å². The molecule has 0 aliphatic carbocycles. The normalized spacial score (nSPS) is 20.2. The highest BCUT2D eigenvalue weighted by atomic mass is 16.5. The topological polar surface area (TPSA) is 38.8 Å². The Morgan fingerprint density at radius 3 is 2.82 bits per heavy atom. The van der Waals surface area contributed by atoms with E-state index >= 15 is 0 Å². The molecule has 1 fully saturated rings. The van der Waals surface area contributed by atoms with Gasteiger partial charge < -0.3 is 9.47 Å². The van der Waals surface area contributed by atoms with E-state index in [1.54, 1.807) is 0 Å². The standard InChI is InChI=1S/C13H25NO3/c1-4-17-12(15)7-5-6-8-14-9-10-16-11-13(14,2)3/h4-11H2,1-3H3. The Labute approximate surface area is 104 Å². The van der Waals surface area contributed by atoms with Crippen molar-refractivity contribution in [3.05, 3.63) is 0 Å². The quantitative estimate of drug-likeness (QED) is 0.527. The molecule has 0 aromatic rings. The Balaban J connectivity index is 2.15. The van der Waals surface area contributed by atoms with Crippen LogP contribution in [0.5, 0.6) is 0 Å². The highest BCUT2D eigenvalue weighted by Crippen LogP contribution is 2.19. The zero-order valence-corrected chi connectivity index (χ0v) is 11.3. The number of hydrogen-bond acceptors (Lipinski definition) is 4. The Kier molecular flexibility index (Phi) is 5.92. The summed E-state index contributed by atoms with van der Waals surface area (Å²) in [4.78, 5) is 13.6. The molecule has 17 heavy (non-hydrogen) atoms. The molecule has 1 aliphatic rings. The second-order valence-electron chi connectivity index (χ2n) is 5.11. The van der Waals surface area contributed by atoms with Crippen LogP contribution < -0.4 is 0 Å². The molecule has 1 heterocycles. The third-order valence-corrected chi connectivity index (χ3v) is 3.18. The van der Waals surface area contributed by atoms with Crippen LogP contribution in [0.4, 0.5) is 0 Å². The zero-order chi connectivity index (χ0) is 12.7. The van der Waals surface area contributed by atoms with Crippen LogP contribution in [0.15, 0.2) is 0 Å². The third kappa shape index (κ3) is 5.04. The Hall–Kier alpha value is -0.610. The van der Waals surface area contributed by atoms with Gasteiger partial charge in [-0.05, 0) is 40.2 Å². The van der Waals surface area contributed by atoms with E-state index in [9.17, 15) is 4.79 Å². The van der Waals surface area contributed by atoms with Crippen LogP contribution in [0, 0.1) is 0 Å². The van der Waals surface area contributed by atoms with E-state index in [0.717, 1.165) is 39.1 Å². The lowest BCUT2D eigenvalue weighted by atomic mass is 10.0. The molecule has 100 valence electrons. The van der Waals surface area contributed by atoms with Crippen LogP contribution in [0.25, 0.3) is 0 Å². The summed E-state index contributed by atoms with van der Waals surface area (Å²) in [5.41, 5.74) is 0.127. The number of ether oxygens (including phenoxy) is 2. The number of nitrogens with zero attached hydrogens (tertiary/aromatic N) is 1. The fraction of sp³-hybridized carbons (Fsp3) is 0.923. The molecular formula is C13H25NO3. The first-order valence-electron chi connectivity index (χ1n) is 6.54. The summed E-state index contributed by atoms with van der Waals surface area (Å²) in [6, 6.07) is 0. The fourth-order valence-corrected chi connectivity index (χ4v) is 2.11. The van der Waals surface area contributed by atoms with Gasteiger partial charge in [0.2, 0.25) is 0 Å². The zero-order valence-electron chi connectivity index (χ0n) is 11.3. The minimum atomic E-state index is -0.0752. The highest BCUT2D eigenvalue weighted by Gasteiger charge is 2.29. The van der Waals surface area contributed by atoms with Crippen molar-refractivity contribution in [1.82, 2.24) is 4.90 Å². The second kappa shape index (κ2) is 6.97. The van der Waals surface area contributed by atoms with E-state index < -0.39 is 0 Å². The lowest BCUT2D eigenvalue weighted by Crippen LogP contribution is -2.53. The summed E-state index contributed by atoms with van der Waals surface area (Å²) in [5, 5.41) is 0. The number of carbonyl (C=O) groups is 1. The maximum absolute atomic E-state index is 11.2. The SMILES string of the molecule is CCOC(=O)CCCCN1CCOCC1(C)C. The molecule has 0 aromatic carbocycles. The largest absolute Gasteiger partial charge is 0.466 e. The molecule has 1 rings (SSSR count). The van der Waals surface area contributed by atoms with Crippen LogP contribution >= 0.6 is 0 Å². The Morgan fingerprint density at radius 2 is 2.18 bits per heavy atom. The first-order valence-corrected chi connectivity index (χ1v) is 6.54. The van der Waals surface area contributed by atoms with E-state index in [1.165, 1.54) is 0 Å². The van der Waals surface area contributed by atoms with E-state index in [-0.39, 0.29) is 11.5 Å². The summed E-state index contributed by atoms with van der Waals surface area (Å²) in [6.45, 7) is 10.4. The molecule has 0 spiro atoms. The first kappa shape index (κ1) is 14.5. The van der Waals surface area contributed by atoms with E-state index in [0.29, 0.717) is 13.0 Å². The number of rotatable bonds is 6. The predicted molar refractivity (Wildman–Crippen MR) is 67.0 cm³/mol. The molecule has 0 aromatic heterocycles. The molecular weight excluding hydrogens is 218 g/mol. The van der Waals surface area contributed by atoms with Crippen LogP contribution in [0.2, 0.25) is 0 Å². The highest BCUT2D eigenvalue weighted by molar-refractivity contribution is 5.69. The Morgan fingerprint density at radius 1 is 1.41 bits per heavy atom. The lowest BCUT2D eigenvalue weighted by molar-refractivity contribution is -0.143. The molecule has 0 atom stereocenters. The molecule has 0 N–H and O–H groups in total.